The van der Waals surface area contributed by atoms with Crippen molar-refractivity contribution in [1.82, 2.24) is 10.2 Å². The first-order chi connectivity index (χ1) is 9.47. The molecule has 0 bridgehead atoms. The molecule has 0 spiro atoms. The monoisotopic (exact) mass is 334 g/mol. The molecule has 0 radical (unpaired) electrons. The maximum atomic E-state index is 11.8. The van der Waals surface area contributed by atoms with E-state index in [0.29, 0.717) is 40.9 Å². The van der Waals surface area contributed by atoms with E-state index in [1.807, 2.05) is 6.07 Å². The second kappa shape index (κ2) is 6.78. The summed E-state index contributed by atoms with van der Waals surface area (Å²) in [4.78, 5) is 25.1. The molecule has 1 N–H and O–H groups in total. The summed E-state index contributed by atoms with van der Waals surface area (Å²) in [6.07, 6.45) is 2.48. The lowest BCUT2D eigenvalue weighted by Gasteiger charge is -2.12. The highest BCUT2D eigenvalue weighted by Crippen LogP contribution is 2.32. The van der Waals surface area contributed by atoms with Gasteiger partial charge in [-0.3, -0.25) is 9.59 Å². The third kappa shape index (κ3) is 3.87. The van der Waals surface area contributed by atoms with Crippen LogP contribution in [0.25, 0.3) is 0 Å². The lowest BCUT2D eigenvalue weighted by molar-refractivity contribution is -0.131. The van der Waals surface area contributed by atoms with Crippen LogP contribution >= 0.6 is 34.5 Å². The second-order valence-corrected chi connectivity index (χ2v) is 7.16. The average molecular weight is 335 g/mol. The van der Waals surface area contributed by atoms with Crippen molar-refractivity contribution in [1.29, 1.82) is 0 Å². The molecular weight excluding hydrogens is 319 g/mol. The van der Waals surface area contributed by atoms with Gasteiger partial charge in [-0.25, -0.2) is 0 Å². The minimum absolute atomic E-state index is 0.00832. The van der Waals surface area contributed by atoms with Crippen LogP contribution in [0.1, 0.15) is 24.8 Å². The predicted octanol–water partition coefficient (Wildman–Crippen LogP) is 2.72. The number of aryl methyl sites for hydroxylation is 1. The van der Waals surface area contributed by atoms with E-state index < -0.39 is 0 Å². The van der Waals surface area contributed by atoms with Crippen LogP contribution in [0.15, 0.2) is 6.07 Å². The lowest BCUT2D eigenvalue weighted by Crippen LogP contribution is -2.40. The SMILES string of the molecule is CN1CC[C@H](NC(=O)CCCc2cc(Cl)sc2Cl)C1=O. The van der Waals surface area contributed by atoms with Crippen molar-refractivity contribution in [3.8, 4) is 0 Å². The van der Waals surface area contributed by atoms with E-state index in [-0.39, 0.29) is 17.9 Å². The highest BCUT2D eigenvalue weighted by Gasteiger charge is 2.29. The Balaban J connectivity index is 1.73. The minimum Gasteiger partial charge on any atom is -0.344 e. The first kappa shape index (κ1) is 15.6. The summed E-state index contributed by atoms with van der Waals surface area (Å²) < 4.78 is 1.34. The Kier molecular flexibility index (Phi) is 5.29. The molecule has 1 atom stereocenters. The van der Waals surface area contributed by atoms with Crippen LogP contribution in [0.5, 0.6) is 0 Å². The maximum absolute atomic E-state index is 11.8. The summed E-state index contributed by atoms with van der Waals surface area (Å²) in [7, 11) is 1.75. The van der Waals surface area contributed by atoms with Gasteiger partial charge in [0.1, 0.15) is 6.04 Å². The van der Waals surface area contributed by atoms with Crippen molar-refractivity contribution in [3.05, 3.63) is 20.3 Å². The fourth-order valence-corrected chi connectivity index (χ4v) is 3.75. The molecule has 0 aromatic carbocycles. The van der Waals surface area contributed by atoms with E-state index in [9.17, 15) is 9.59 Å². The molecule has 2 amide bonds. The van der Waals surface area contributed by atoms with Gasteiger partial charge in [0.05, 0.1) is 8.67 Å². The lowest BCUT2D eigenvalue weighted by atomic mass is 10.1. The first-order valence-corrected chi connectivity index (χ1v) is 8.02. The van der Waals surface area contributed by atoms with Gasteiger partial charge >= 0.3 is 0 Å². The van der Waals surface area contributed by atoms with Gasteiger partial charge in [0, 0.05) is 20.0 Å². The zero-order valence-corrected chi connectivity index (χ0v) is 13.4. The van der Waals surface area contributed by atoms with Crippen molar-refractivity contribution in [2.24, 2.45) is 0 Å². The van der Waals surface area contributed by atoms with Crippen LogP contribution in [-0.4, -0.2) is 36.3 Å². The van der Waals surface area contributed by atoms with Crippen LogP contribution in [0, 0.1) is 0 Å². The van der Waals surface area contributed by atoms with Gasteiger partial charge in [-0.15, -0.1) is 11.3 Å². The summed E-state index contributed by atoms with van der Waals surface area (Å²) in [6, 6.07) is 1.48. The predicted molar refractivity (Wildman–Crippen MR) is 81.5 cm³/mol. The van der Waals surface area contributed by atoms with Gasteiger partial charge in [0.2, 0.25) is 11.8 Å². The average Bonchev–Trinajstić information content (AvgIpc) is 2.86. The van der Waals surface area contributed by atoms with E-state index in [1.54, 1.807) is 11.9 Å². The van der Waals surface area contributed by atoms with E-state index in [2.05, 4.69) is 5.32 Å². The van der Waals surface area contributed by atoms with E-state index in [4.69, 9.17) is 23.2 Å². The quantitative estimate of drug-likeness (QED) is 0.899. The van der Waals surface area contributed by atoms with Gasteiger partial charge in [-0.2, -0.15) is 0 Å². The molecule has 110 valence electrons. The Bertz CT molecular complexity index is 518. The number of nitrogens with zero attached hydrogens (tertiary/aromatic N) is 1. The number of rotatable bonds is 5. The third-order valence-electron chi connectivity index (χ3n) is 3.34. The van der Waals surface area contributed by atoms with Crippen molar-refractivity contribution >= 4 is 46.4 Å². The van der Waals surface area contributed by atoms with E-state index in [0.717, 1.165) is 5.56 Å². The van der Waals surface area contributed by atoms with E-state index >= 15 is 0 Å². The smallest absolute Gasteiger partial charge is 0.244 e. The van der Waals surface area contributed by atoms with Crippen molar-refractivity contribution in [2.75, 3.05) is 13.6 Å². The fourth-order valence-electron chi connectivity index (χ4n) is 2.21. The molecule has 1 aliphatic rings. The number of carbonyl (C=O) groups excluding carboxylic acids is 2. The molecule has 0 saturated carbocycles. The van der Waals surface area contributed by atoms with Crippen LogP contribution < -0.4 is 5.32 Å². The van der Waals surface area contributed by atoms with Crippen molar-refractivity contribution in [3.63, 3.8) is 0 Å². The topological polar surface area (TPSA) is 49.4 Å². The van der Waals surface area contributed by atoms with Gasteiger partial charge in [0.25, 0.3) is 0 Å². The van der Waals surface area contributed by atoms with Crippen molar-refractivity contribution in [2.45, 2.75) is 31.7 Å². The van der Waals surface area contributed by atoms with Crippen molar-refractivity contribution < 1.29 is 9.59 Å². The molecule has 4 nitrogen and oxygen atoms in total. The number of thiophene rings is 1. The number of likely N-dealkylation sites (N-methyl/N-ethyl adjacent to an activating group) is 1. The summed E-state index contributed by atoms with van der Waals surface area (Å²) in [6.45, 7) is 0.701. The highest BCUT2D eigenvalue weighted by molar-refractivity contribution is 7.20. The van der Waals surface area contributed by atoms with Crippen LogP contribution in [0.4, 0.5) is 0 Å². The molecule has 1 aromatic rings. The molecule has 20 heavy (non-hydrogen) atoms. The Morgan fingerprint density at radius 2 is 2.30 bits per heavy atom. The van der Waals surface area contributed by atoms with Crippen LogP contribution in [0.2, 0.25) is 8.67 Å². The summed E-state index contributed by atoms with van der Waals surface area (Å²) >= 11 is 13.2. The van der Waals surface area contributed by atoms with Gasteiger partial charge in [-0.05, 0) is 30.9 Å². The number of likely N-dealkylation sites (tertiary alicyclic amines) is 1. The summed E-state index contributed by atoms with van der Waals surface area (Å²) in [5.74, 6) is -0.0953. The van der Waals surface area contributed by atoms with Crippen LogP contribution in [-0.2, 0) is 16.0 Å². The zero-order chi connectivity index (χ0) is 14.7. The summed E-state index contributed by atoms with van der Waals surface area (Å²) in [5.41, 5.74) is 0.978. The van der Waals surface area contributed by atoms with Gasteiger partial charge in [0.15, 0.2) is 0 Å². The number of hydrogen-bond acceptors (Lipinski definition) is 3. The molecule has 1 saturated heterocycles. The number of carbonyl (C=O) groups is 2. The molecule has 2 heterocycles. The second-order valence-electron chi connectivity index (χ2n) is 4.87. The number of amides is 2. The Morgan fingerprint density at radius 1 is 1.55 bits per heavy atom. The molecule has 1 fully saturated rings. The standard InChI is InChI=1S/C13H16Cl2N2O2S/c1-17-6-5-9(13(17)19)16-11(18)4-2-3-8-7-10(14)20-12(8)15/h7,9H,2-6H2,1H3,(H,16,18)/t9-/m0/s1. The van der Waals surface area contributed by atoms with Gasteiger partial charge < -0.3 is 10.2 Å². The first-order valence-electron chi connectivity index (χ1n) is 6.45. The molecule has 1 aliphatic heterocycles. The minimum atomic E-state index is -0.355. The fraction of sp³-hybridized carbons (Fsp3) is 0.538. The molecule has 2 rings (SSSR count). The Labute approximate surface area is 132 Å². The highest BCUT2D eigenvalue weighted by atomic mass is 35.5. The van der Waals surface area contributed by atoms with Crippen LogP contribution in [0.3, 0.4) is 0 Å². The molecule has 7 heteroatoms. The third-order valence-corrected chi connectivity index (χ3v) is 4.91. The number of halogens is 2. The normalized spacial score (nSPS) is 18.6. The maximum Gasteiger partial charge on any atom is 0.244 e. The largest absolute Gasteiger partial charge is 0.344 e. The Morgan fingerprint density at radius 3 is 2.85 bits per heavy atom. The molecule has 1 aromatic heterocycles. The summed E-state index contributed by atoms with van der Waals surface area (Å²) in [5, 5.41) is 2.78. The molecule has 0 aliphatic carbocycles. The zero-order valence-electron chi connectivity index (χ0n) is 11.1. The number of hydrogen-bond donors (Lipinski definition) is 1. The number of nitrogens with one attached hydrogen (secondary N) is 1. The molecular formula is C13H16Cl2N2O2S. The van der Waals surface area contributed by atoms with Gasteiger partial charge in [-0.1, -0.05) is 23.2 Å². The Hall–Kier alpha value is -0.780. The molecule has 0 unspecified atom stereocenters. The van der Waals surface area contributed by atoms with E-state index in [1.165, 1.54) is 11.3 Å².